The monoisotopic (exact) mass is 410 g/mol. The topological polar surface area (TPSA) is 100 Å². The smallest absolute Gasteiger partial charge is 0.327 e. The average Bonchev–Trinajstić information content (AvgIpc) is 3.32. The third kappa shape index (κ3) is 3.79. The lowest BCUT2D eigenvalue weighted by Crippen LogP contribution is -2.49. The Balaban J connectivity index is 1.35. The molecule has 0 atom stereocenters. The lowest BCUT2D eigenvalue weighted by atomic mass is 9.81. The van der Waals surface area contributed by atoms with Crippen LogP contribution in [0.5, 0.6) is 0 Å². The Bertz CT molecular complexity index is 936. The maximum absolute atomic E-state index is 13.0. The van der Waals surface area contributed by atoms with Crippen molar-refractivity contribution in [3.63, 3.8) is 0 Å². The summed E-state index contributed by atoms with van der Waals surface area (Å²) in [6, 6.07) is 7.42. The van der Waals surface area contributed by atoms with E-state index >= 15 is 0 Å². The van der Waals surface area contributed by atoms with Crippen LogP contribution >= 0.6 is 0 Å². The van der Waals surface area contributed by atoms with E-state index in [1.54, 1.807) is 18.1 Å². The molecule has 1 spiro atoms. The quantitative estimate of drug-likeness (QED) is 0.728. The highest BCUT2D eigenvalue weighted by Crippen LogP contribution is 2.39. The van der Waals surface area contributed by atoms with E-state index in [0.29, 0.717) is 25.9 Å². The fourth-order valence-corrected chi connectivity index (χ4v) is 4.41. The molecule has 2 aliphatic rings. The molecule has 1 aliphatic carbocycles. The molecule has 158 valence electrons. The Hall–Kier alpha value is -3.23. The minimum absolute atomic E-state index is 0.236. The number of amides is 4. The molecule has 9 nitrogen and oxygen atoms in total. The summed E-state index contributed by atoms with van der Waals surface area (Å²) in [5.74, 6) is -0.584. The lowest BCUT2D eigenvalue weighted by molar-refractivity contribution is -0.137. The van der Waals surface area contributed by atoms with Gasteiger partial charge in [-0.25, -0.2) is 14.5 Å². The minimum atomic E-state index is -0.759. The van der Waals surface area contributed by atoms with Gasteiger partial charge in [0.25, 0.3) is 5.91 Å². The van der Waals surface area contributed by atoms with E-state index < -0.39 is 5.54 Å². The van der Waals surface area contributed by atoms with Crippen LogP contribution in [0.3, 0.4) is 0 Å². The number of rotatable bonds is 6. The lowest BCUT2D eigenvalue weighted by Gasteiger charge is -2.35. The van der Waals surface area contributed by atoms with Gasteiger partial charge in [0.05, 0.1) is 6.54 Å². The number of benzene rings is 1. The molecule has 2 aromatic rings. The molecule has 0 radical (unpaired) electrons. The zero-order chi connectivity index (χ0) is 21.1. The minimum Gasteiger partial charge on any atom is -0.350 e. The summed E-state index contributed by atoms with van der Waals surface area (Å²) in [6.45, 7) is 0.663. The Morgan fingerprint density at radius 1 is 1.17 bits per heavy atom. The predicted octanol–water partition coefficient (Wildman–Crippen LogP) is 1.54. The van der Waals surface area contributed by atoms with Crippen molar-refractivity contribution >= 4 is 17.8 Å². The number of urea groups is 1. The Morgan fingerprint density at radius 2 is 1.93 bits per heavy atom. The number of imide groups is 1. The van der Waals surface area contributed by atoms with Gasteiger partial charge in [-0.1, -0.05) is 43.5 Å². The molecule has 2 fully saturated rings. The van der Waals surface area contributed by atoms with Crippen LogP contribution in [0.1, 0.15) is 43.2 Å². The van der Waals surface area contributed by atoms with Crippen molar-refractivity contribution in [1.29, 1.82) is 0 Å². The summed E-state index contributed by atoms with van der Waals surface area (Å²) in [6.07, 6.45) is 7.40. The van der Waals surface area contributed by atoms with E-state index in [2.05, 4.69) is 15.4 Å². The van der Waals surface area contributed by atoms with E-state index in [1.807, 2.05) is 24.3 Å². The number of hydrogen-bond acceptors (Lipinski definition) is 5. The van der Waals surface area contributed by atoms with Crippen LogP contribution < -0.4 is 5.32 Å². The standard InChI is InChI=1S/C21H26N6O3/c1-25-20(30)27(19(29)21(25)8-3-2-4-9-21)13-18(28)23-11-16-6-5-7-17(10-16)12-26-15-22-14-24-26/h5-7,10,14-15H,2-4,8-9,11-13H2,1H3,(H,23,28). The second-order valence-electron chi connectivity index (χ2n) is 8.01. The van der Waals surface area contributed by atoms with Crippen molar-refractivity contribution < 1.29 is 14.4 Å². The first-order valence-corrected chi connectivity index (χ1v) is 10.3. The van der Waals surface area contributed by atoms with Gasteiger partial charge in [-0.05, 0) is 24.0 Å². The summed E-state index contributed by atoms with van der Waals surface area (Å²) in [5.41, 5.74) is 1.21. The molecule has 1 saturated heterocycles. The zero-order valence-electron chi connectivity index (χ0n) is 17.1. The first-order valence-electron chi connectivity index (χ1n) is 10.3. The molecule has 1 saturated carbocycles. The maximum atomic E-state index is 13.0. The van der Waals surface area contributed by atoms with Crippen molar-refractivity contribution in [3.8, 4) is 0 Å². The van der Waals surface area contributed by atoms with E-state index in [1.165, 1.54) is 11.2 Å². The molecule has 4 amide bonds. The fraction of sp³-hybridized carbons (Fsp3) is 0.476. The summed E-state index contributed by atoms with van der Waals surface area (Å²) in [4.78, 5) is 44.7. The highest BCUT2D eigenvalue weighted by atomic mass is 16.2. The van der Waals surface area contributed by atoms with Gasteiger partial charge in [0.2, 0.25) is 5.91 Å². The van der Waals surface area contributed by atoms with Gasteiger partial charge in [0, 0.05) is 13.6 Å². The van der Waals surface area contributed by atoms with Gasteiger partial charge in [-0.2, -0.15) is 5.10 Å². The third-order valence-electron chi connectivity index (χ3n) is 6.08. The van der Waals surface area contributed by atoms with Crippen molar-refractivity contribution in [3.05, 3.63) is 48.0 Å². The van der Waals surface area contributed by atoms with Crippen molar-refractivity contribution in [1.82, 2.24) is 29.9 Å². The Labute approximate surface area is 175 Å². The van der Waals surface area contributed by atoms with Crippen LogP contribution in [-0.4, -0.2) is 61.5 Å². The first kappa shape index (κ1) is 20.1. The predicted molar refractivity (Wildman–Crippen MR) is 108 cm³/mol. The van der Waals surface area contributed by atoms with Gasteiger partial charge in [-0.15, -0.1) is 0 Å². The van der Waals surface area contributed by atoms with E-state index in [4.69, 9.17) is 0 Å². The van der Waals surface area contributed by atoms with E-state index in [9.17, 15) is 14.4 Å². The highest BCUT2D eigenvalue weighted by Gasteiger charge is 2.55. The number of carbonyl (C=O) groups is 3. The van der Waals surface area contributed by atoms with E-state index in [0.717, 1.165) is 35.3 Å². The van der Waals surface area contributed by atoms with Gasteiger partial charge in [-0.3, -0.25) is 14.5 Å². The molecule has 1 aromatic carbocycles. The van der Waals surface area contributed by atoms with E-state index in [-0.39, 0.29) is 24.4 Å². The summed E-state index contributed by atoms with van der Waals surface area (Å²) in [7, 11) is 1.67. The maximum Gasteiger partial charge on any atom is 0.327 e. The molecule has 0 unspecified atom stereocenters. The van der Waals surface area contributed by atoms with Crippen molar-refractivity contribution in [2.75, 3.05) is 13.6 Å². The molecule has 30 heavy (non-hydrogen) atoms. The molecular weight excluding hydrogens is 384 g/mol. The summed E-state index contributed by atoms with van der Waals surface area (Å²) in [5, 5.41) is 6.91. The number of carbonyl (C=O) groups excluding carboxylic acids is 3. The Morgan fingerprint density at radius 3 is 2.67 bits per heavy atom. The molecule has 2 heterocycles. The molecule has 1 aliphatic heterocycles. The molecular formula is C21H26N6O3. The summed E-state index contributed by atoms with van der Waals surface area (Å²) < 4.78 is 1.72. The second-order valence-corrected chi connectivity index (χ2v) is 8.01. The van der Waals surface area contributed by atoms with Crippen LogP contribution in [0.25, 0.3) is 0 Å². The number of nitrogens with zero attached hydrogens (tertiary/aromatic N) is 5. The number of aromatic nitrogens is 3. The molecule has 4 rings (SSSR count). The number of nitrogens with one attached hydrogen (secondary N) is 1. The molecule has 0 bridgehead atoms. The van der Waals surface area contributed by atoms with Crippen LogP contribution in [-0.2, 0) is 22.7 Å². The largest absolute Gasteiger partial charge is 0.350 e. The van der Waals surface area contributed by atoms with Crippen molar-refractivity contribution in [2.45, 2.75) is 50.7 Å². The van der Waals surface area contributed by atoms with Gasteiger partial charge in [0.1, 0.15) is 24.7 Å². The SMILES string of the molecule is CN1C(=O)N(CC(=O)NCc2cccc(Cn3cncn3)c2)C(=O)C12CCCCC2. The molecule has 9 heteroatoms. The molecule has 1 aromatic heterocycles. The van der Waals surface area contributed by atoms with Gasteiger partial charge < -0.3 is 10.2 Å². The fourth-order valence-electron chi connectivity index (χ4n) is 4.41. The average molecular weight is 410 g/mol. The normalized spacial score (nSPS) is 18.3. The van der Waals surface area contributed by atoms with Gasteiger partial charge in [0.15, 0.2) is 0 Å². The third-order valence-corrected chi connectivity index (χ3v) is 6.08. The van der Waals surface area contributed by atoms with Gasteiger partial charge >= 0.3 is 6.03 Å². The number of hydrogen-bond donors (Lipinski definition) is 1. The van der Waals surface area contributed by atoms with Crippen LogP contribution in [0.2, 0.25) is 0 Å². The summed E-state index contributed by atoms with van der Waals surface area (Å²) >= 11 is 0. The van der Waals surface area contributed by atoms with Crippen molar-refractivity contribution in [2.24, 2.45) is 0 Å². The highest BCUT2D eigenvalue weighted by molar-refractivity contribution is 6.08. The van der Waals surface area contributed by atoms with Crippen LogP contribution in [0.15, 0.2) is 36.9 Å². The number of likely N-dealkylation sites (N-methyl/N-ethyl adjacent to an activating group) is 1. The van der Waals surface area contributed by atoms with Crippen LogP contribution in [0, 0.1) is 0 Å². The first-order chi connectivity index (χ1) is 14.5. The molecule has 1 N–H and O–H groups in total. The zero-order valence-corrected chi connectivity index (χ0v) is 17.1. The van der Waals surface area contributed by atoms with Crippen LogP contribution in [0.4, 0.5) is 4.79 Å². The Kier molecular flexibility index (Phi) is 5.52. The second kappa shape index (κ2) is 8.25.